The van der Waals surface area contributed by atoms with Crippen molar-refractivity contribution in [2.45, 2.75) is 18.4 Å². The Hall–Kier alpha value is -3.15. The molecule has 4 rings (SSSR count). The summed E-state index contributed by atoms with van der Waals surface area (Å²) >= 11 is 0. The molecule has 2 atom stereocenters. The summed E-state index contributed by atoms with van der Waals surface area (Å²) in [5, 5.41) is 30.9. The van der Waals surface area contributed by atoms with Crippen LogP contribution < -0.4 is 5.43 Å². The largest absolute Gasteiger partial charge is 0.507 e. The van der Waals surface area contributed by atoms with Crippen molar-refractivity contribution in [1.29, 1.82) is 0 Å². The molecule has 1 aromatic heterocycles. The Morgan fingerprint density at radius 1 is 0.971 bits per heavy atom. The maximum atomic E-state index is 14.0. The fourth-order valence-corrected chi connectivity index (χ4v) is 4.14. The third-order valence-corrected chi connectivity index (χ3v) is 5.83. The highest BCUT2D eigenvalue weighted by atomic mass is 35.5. The van der Waals surface area contributed by atoms with E-state index < -0.39 is 63.6 Å². The minimum Gasteiger partial charge on any atom is -0.507 e. The lowest BCUT2D eigenvalue weighted by Gasteiger charge is -2.34. The van der Waals surface area contributed by atoms with Crippen LogP contribution in [0.1, 0.15) is 29.2 Å². The Bertz CT molecular complexity index is 1360. The smallest absolute Gasteiger partial charge is 0.200 e. The second kappa shape index (κ2) is 9.84. The standard InChI is InChI=1S/C23H18F5NO5.ClH/c1-29-5-4-10(15(33)8-29)16-13(31)7-14(32)17-12(30)6-9(34-23(16)17)2-3-11-18(24)20(26)22(28)21(27)19(11)25;/h2-3,6-7,10,15,31-33H,4-5,8H2,1H3;1H. The first-order valence-electron chi connectivity index (χ1n) is 10.1. The van der Waals surface area contributed by atoms with Gasteiger partial charge in [0.15, 0.2) is 28.7 Å². The molecule has 3 N–H and O–H groups in total. The lowest BCUT2D eigenvalue weighted by molar-refractivity contribution is 0.0630. The molecular formula is C23H19ClF5NO5. The van der Waals surface area contributed by atoms with Crippen LogP contribution in [-0.2, 0) is 0 Å². The number of aromatic hydroxyl groups is 2. The van der Waals surface area contributed by atoms with E-state index in [9.17, 15) is 42.1 Å². The third-order valence-electron chi connectivity index (χ3n) is 5.83. The number of fused-ring (bicyclic) bond motifs is 1. The monoisotopic (exact) mass is 519 g/mol. The first-order valence-corrected chi connectivity index (χ1v) is 10.1. The molecule has 188 valence electrons. The molecule has 0 spiro atoms. The zero-order chi connectivity index (χ0) is 24.9. The van der Waals surface area contributed by atoms with Crippen molar-refractivity contribution in [2.24, 2.45) is 0 Å². The topological polar surface area (TPSA) is 94.1 Å². The van der Waals surface area contributed by atoms with Crippen LogP contribution in [0.15, 0.2) is 21.3 Å². The second-order valence-corrected chi connectivity index (χ2v) is 8.09. The van der Waals surface area contributed by atoms with Crippen molar-refractivity contribution < 1.29 is 41.7 Å². The predicted molar refractivity (Wildman–Crippen MR) is 119 cm³/mol. The lowest BCUT2D eigenvalue weighted by Crippen LogP contribution is -2.40. The molecule has 1 fully saturated rings. The number of piperidine rings is 1. The van der Waals surface area contributed by atoms with Gasteiger partial charge in [-0.3, -0.25) is 4.79 Å². The fraction of sp³-hybridized carbons (Fsp3) is 0.261. The average Bonchev–Trinajstić information content (AvgIpc) is 2.77. The van der Waals surface area contributed by atoms with Crippen molar-refractivity contribution in [3.05, 3.63) is 68.3 Å². The molecular weight excluding hydrogens is 501 g/mol. The van der Waals surface area contributed by atoms with Crippen molar-refractivity contribution >= 4 is 35.5 Å². The molecule has 2 heterocycles. The van der Waals surface area contributed by atoms with E-state index in [1.54, 1.807) is 7.05 Å². The van der Waals surface area contributed by atoms with E-state index in [0.29, 0.717) is 19.0 Å². The summed E-state index contributed by atoms with van der Waals surface area (Å²) in [5.41, 5.74) is -2.25. The Labute approximate surface area is 200 Å². The number of hydrogen-bond donors (Lipinski definition) is 3. The Morgan fingerprint density at radius 2 is 1.57 bits per heavy atom. The van der Waals surface area contributed by atoms with Gasteiger partial charge in [0.2, 0.25) is 5.82 Å². The molecule has 1 aliphatic rings. The minimum atomic E-state index is -2.31. The number of likely N-dealkylation sites (N-methyl/N-ethyl adjacent to an activating group) is 1. The number of hydrogen-bond acceptors (Lipinski definition) is 6. The van der Waals surface area contributed by atoms with Gasteiger partial charge in [0.1, 0.15) is 28.2 Å². The molecule has 0 bridgehead atoms. The summed E-state index contributed by atoms with van der Waals surface area (Å²) in [4.78, 5) is 14.5. The highest BCUT2D eigenvalue weighted by Crippen LogP contribution is 2.42. The zero-order valence-corrected chi connectivity index (χ0v) is 18.8. The summed E-state index contributed by atoms with van der Waals surface area (Å²) in [6.45, 7) is 0.810. The van der Waals surface area contributed by atoms with Gasteiger partial charge in [-0.1, -0.05) is 0 Å². The van der Waals surface area contributed by atoms with E-state index in [1.807, 2.05) is 4.90 Å². The quantitative estimate of drug-likeness (QED) is 0.272. The number of benzene rings is 2. The van der Waals surface area contributed by atoms with Crippen LogP contribution in [0, 0.1) is 29.1 Å². The molecule has 1 aliphatic heterocycles. The van der Waals surface area contributed by atoms with Crippen LogP contribution >= 0.6 is 12.4 Å². The van der Waals surface area contributed by atoms with Crippen LogP contribution in [-0.4, -0.2) is 46.5 Å². The number of β-amino-alcohol motifs (C(OH)–C–C–N with tert-alkyl or cyclic N) is 1. The minimum absolute atomic E-state index is 0. The summed E-state index contributed by atoms with van der Waals surface area (Å²) < 4.78 is 73.7. The molecule has 35 heavy (non-hydrogen) atoms. The van der Waals surface area contributed by atoms with Crippen LogP contribution in [0.4, 0.5) is 22.0 Å². The van der Waals surface area contributed by atoms with Gasteiger partial charge in [-0.2, -0.15) is 0 Å². The van der Waals surface area contributed by atoms with E-state index in [0.717, 1.165) is 18.2 Å². The number of phenolic OH excluding ortho intramolecular Hbond substituents is 2. The number of halogens is 6. The lowest BCUT2D eigenvalue weighted by atomic mass is 9.85. The first-order chi connectivity index (χ1) is 16.0. The zero-order valence-electron chi connectivity index (χ0n) is 18.0. The van der Waals surface area contributed by atoms with Gasteiger partial charge in [-0.25, -0.2) is 22.0 Å². The maximum absolute atomic E-state index is 14.0. The summed E-state index contributed by atoms with van der Waals surface area (Å²) in [5.74, 6) is -12.8. The van der Waals surface area contributed by atoms with Crippen LogP contribution in [0.3, 0.4) is 0 Å². The molecule has 0 saturated carbocycles. The summed E-state index contributed by atoms with van der Waals surface area (Å²) in [7, 11) is 1.79. The van der Waals surface area contributed by atoms with Gasteiger partial charge >= 0.3 is 0 Å². The molecule has 2 aromatic carbocycles. The molecule has 12 heteroatoms. The van der Waals surface area contributed by atoms with E-state index in [1.165, 1.54) is 0 Å². The van der Waals surface area contributed by atoms with E-state index in [2.05, 4.69) is 0 Å². The summed E-state index contributed by atoms with van der Waals surface area (Å²) in [6, 6.07) is 1.79. The fourth-order valence-electron chi connectivity index (χ4n) is 4.14. The number of rotatable bonds is 3. The molecule has 0 radical (unpaired) electrons. The number of aliphatic hydroxyl groups is 1. The van der Waals surface area contributed by atoms with Crippen molar-refractivity contribution in [1.82, 2.24) is 4.90 Å². The molecule has 3 aromatic rings. The van der Waals surface area contributed by atoms with E-state index >= 15 is 0 Å². The highest BCUT2D eigenvalue weighted by Gasteiger charge is 2.33. The Morgan fingerprint density at radius 3 is 2.17 bits per heavy atom. The normalized spacial score (nSPS) is 18.8. The van der Waals surface area contributed by atoms with Crippen LogP contribution in [0.5, 0.6) is 11.5 Å². The van der Waals surface area contributed by atoms with Gasteiger partial charge in [-0.15, -0.1) is 12.4 Å². The summed E-state index contributed by atoms with van der Waals surface area (Å²) in [6.07, 6.45) is 0.789. The average molecular weight is 520 g/mol. The van der Waals surface area contributed by atoms with Gasteiger partial charge in [0, 0.05) is 30.2 Å². The SMILES string of the molecule is CN1CCC(c2c(O)cc(O)c3c(=O)cc(C=Cc4c(F)c(F)c(F)c(F)c4F)oc23)C(O)C1.Cl. The number of likely N-dealkylation sites (tertiary alicyclic amines) is 1. The van der Waals surface area contributed by atoms with Gasteiger partial charge < -0.3 is 24.6 Å². The van der Waals surface area contributed by atoms with Crippen LogP contribution in [0.2, 0.25) is 0 Å². The van der Waals surface area contributed by atoms with Crippen LogP contribution in [0.25, 0.3) is 23.1 Å². The molecule has 0 amide bonds. The highest BCUT2D eigenvalue weighted by molar-refractivity contribution is 5.89. The number of nitrogens with zero attached hydrogens (tertiary/aromatic N) is 1. The molecule has 6 nitrogen and oxygen atoms in total. The van der Waals surface area contributed by atoms with Crippen molar-refractivity contribution in [2.75, 3.05) is 20.1 Å². The molecule has 2 unspecified atom stereocenters. The van der Waals surface area contributed by atoms with Crippen molar-refractivity contribution in [3.8, 4) is 11.5 Å². The van der Waals surface area contributed by atoms with Crippen molar-refractivity contribution in [3.63, 3.8) is 0 Å². The number of phenols is 2. The molecule has 1 saturated heterocycles. The Kier molecular flexibility index (Phi) is 7.44. The van der Waals surface area contributed by atoms with Gasteiger partial charge in [0.25, 0.3) is 0 Å². The van der Waals surface area contributed by atoms with E-state index in [4.69, 9.17) is 4.42 Å². The van der Waals surface area contributed by atoms with Gasteiger partial charge in [0.05, 0.1) is 11.7 Å². The number of aliphatic hydroxyl groups excluding tert-OH is 1. The first kappa shape index (κ1) is 26.5. The maximum Gasteiger partial charge on any atom is 0.200 e. The molecule has 0 aliphatic carbocycles. The third kappa shape index (κ3) is 4.58. The second-order valence-electron chi connectivity index (χ2n) is 8.09. The Balaban J connectivity index is 0.00000342. The van der Waals surface area contributed by atoms with Gasteiger partial charge in [-0.05, 0) is 32.2 Å². The predicted octanol–water partition coefficient (Wildman–Crippen LogP) is 4.27. The van der Waals surface area contributed by atoms with E-state index in [-0.39, 0.29) is 41.2 Å².